The summed E-state index contributed by atoms with van der Waals surface area (Å²) in [5.41, 5.74) is 0. The van der Waals surface area contributed by atoms with E-state index >= 15 is 0 Å². The highest BCUT2D eigenvalue weighted by molar-refractivity contribution is 4.90. The average Bonchev–Trinajstić information content (AvgIpc) is 2.85. The van der Waals surface area contributed by atoms with E-state index < -0.39 is 0 Å². The molecule has 4 nitrogen and oxygen atoms in total. The van der Waals surface area contributed by atoms with Crippen molar-refractivity contribution in [1.29, 1.82) is 0 Å². The fraction of sp³-hybridized carbons (Fsp3) is 0.700. The van der Waals surface area contributed by atoms with Crippen molar-refractivity contribution in [3.05, 3.63) is 18.4 Å². The van der Waals surface area contributed by atoms with Gasteiger partial charge in [-0.3, -0.25) is 0 Å². The lowest BCUT2D eigenvalue weighted by Crippen LogP contribution is -2.33. The summed E-state index contributed by atoms with van der Waals surface area (Å²) in [6.07, 6.45) is 6.65. The van der Waals surface area contributed by atoms with Crippen LogP contribution in [0.5, 0.6) is 0 Å². The molecule has 0 radical (unpaired) electrons. The van der Waals surface area contributed by atoms with Gasteiger partial charge in [-0.15, -0.1) is 0 Å². The van der Waals surface area contributed by atoms with E-state index in [4.69, 9.17) is 9.52 Å². The zero-order valence-electron chi connectivity index (χ0n) is 8.15. The maximum Gasteiger partial charge on any atom is 0.180 e. The standard InChI is InChI=1S/C10H16N2O2/c13-6-8-2-1-3-10(8)12-5-9-4-11-7-14-9/h4,7-8,10,12-13H,1-3,5-6H2. The summed E-state index contributed by atoms with van der Waals surface area (Å²) in [5, 5.41) is 12.5. The summed E-state index contributed by atoms with van der Waals surface area (Å²) < 4.78 is 5.13. The lowest BCUT2D eigenvalue weighted by Gasteiger charge is -2.17. The maximum atomic E-state index is 9.12. The topological polar surface area (TPSA) is 58.3 Å². The van der Waals surface area contributed by atoms with Crippen LogP contribution >= 0.6 is 0 Å². The smallest absolute Gasteiger partial charge is 0.180 e. The molecule has 1 aromatic rings. The number of nitrogens with zero attached hydrogens (tertiary/aromatic N) is 1. The number of aliphatic hydroxyl groups is 1. The minimum atomic E-state index is 0.286. The molecular formula is C10H16N2O2. The normalized spacial score (nSPS) is 26.9. The van der Waals surface area contributed by atoms with Crippen molar-refractivity contribution in [2.24, 2.45) is 5.92 Å². The first-order valence-corrected chi connectivity index (χ1v) is 5.11. The molecule has 1 aromatic heterocycles. The number of nitrogens with one attached hydrogen (secondary N) is 1. The molecule has 4 heteroatoms. The van der Waals surface area contributed by atoms with Crippen LogP contribution in [0.1, 0.15) is 25.0 Å². The molecule has 1 heterocycles. The third-order valence-electron chi connectivity index (χ3n) is 2.92. The summed E-state index contributed by atoms with van der Waals surface area (Å²) in [6, 6.07) is 0.435. The molecule has 1 aliphatic carbocycles. The number of hydrogen-bond donors (Lipinski definition) is 2. The summed E-state index contributed by atoms with van der Waals surface area (Å²) in [6.45, 7) is 0.995. The summed E-state index contributed by atoms with van der Waals surface area (Å²) in [7, 11) is 0. The van der Waals surface area contributed by atoms with Crippen molar-refractivity contribution in [2.75, 3.05) is 6.61 Å². The molecule has 0 bridgehead atoms. The van der Waals surface area contributed by atoms with Gasteiger partial charge in [0.05, 0.1) is 12.7 Å². The molecule has 2 rings (SSSR count). The maximum absolute atomic E-state index is 9.12. The van der Waals surface area contributed by atoms with Crippen LogP contribution in [0.25, 0.3) is 0 Å². The van der Waals surface area contributed by atoms with Crippen LogP contribution in [0.2, 0.25) is 0 Å². The summed E-state index contributed by atoms with van der Waals surface area (Å²) >= 11 is 0. The predicted molar refractivity (Wildman–Crippen MR) is 51.6 cm³/mol. The van der Waals surface area contributed by atoms with Crippen molar-refractivity contribution >= 4 is 0 Å². The number of aromatic nitrogens is 1. The third-order valence-corrected chi connectivity index (χ3v) is 2.92. The van der Waals surface area contributed by atoms with Crippen molar-refractivity contribution in [3.8, 4) is 0 Å². The van der Waals surface area contributed by atoms with E-state index in [-0.39, 0.29) is 6.61 Å². The lowest BCUT2D eigenvalue weighted by atomic mass is 10.1. The fourth-order valence-electron chi connectivity index (χ4n) is 2.09. The average molecular weight is 196 g/mol. The molecule has 0 amide bonds. The Hall–Kier alpha value is -0.870. The Bertz CT molecular complexity index is 261. The lowest BCUT2D eigenvalue weighted by molar-refractivity contribution is 0.203. The zero-order chi connectivity index (χ0) is 9.80. The molecule has 2 unspecified atom stereocenters. The van der Waals surface area contributed by atoms with Crippen molar-refractivity contribution < 1.29 is 9.52 Å². The molecule has 2 N–H and O–H groups in total. The van der Waals surface area contributed by atoms with Gasteiger partial charge in [0.2, 0.25) is 0 Å². The molecule has 2 atom stereocenters. The quantitative estimate of drug-likeness (QED) is 0.752. The van der Waals surface area contributed by atoms with Gasteiger partial charge in [0.1, 0.15) is 5.76 Å². The zero-order valence-corrected chi connectivity index (χ0v) is 8.15. The van der Waals surface area contributed by atoms with Gasteiger partial charge in [-0.05, 0) is 18.8 Å². The minimum Gasteiger partial charge on any atom is -0.447 e. The van der Waals surface area contributed by atoms with Gasteiger partial charge in [-0.1, -0.05) is 6.42 Å². The van der Waals surface area contributed by atoms with Crippen LogP contribution in [-0.2, 0) is 6.54 Å². The van der Waals surface area contributed by atoms with Crippen molar-refractivity contribution in [2.45, 2.75) is 31.8 Å². The van der Waals surface area contributed by atoms with Crippen LogP contribution in [0.15, 0.2) is 17.0 Å². The van der Waals surface area contributed by atoms with Gasteiger partial charge >= 0.3 is 0 Å². The van der Waals surface area contributed by atoms with Crippen LogP contribution < -0.4 is 5.32 Å². The van der Waals surface area contributed by atoms with E-state index in [0.717, 1.165) is 18.6 Å². The molecule has 0 saturated heterocycles. The highest BCUT2D eigenvalue weighted by Gasteiger charge is 2.25. The van der Waals surface area contributed by atoms with E-state index in [1.165, 1.54) is 12.8 Å². The third kappa shape index (κ3) is 2.13. The summed E-state index contributed by atoms with van der Waals surface area (Å²) in [4.78, 5) is 3.85. The second-order valence-corrected chi connectivity index (χ2v) is 3.83. The molecule has 0 aliphatic heterocycles. The highest BCUT2D eigenvalue weighted by atomic mass is 16.3. The second-order valence-electron chi connectivity index (χ2n) is 3.83. The monoisotopic (exact) mass is 196 g/mol. The number of oxazole rings is 1. The van der Waals surface area contributed by atoms with E-state index in [2.05, 4.69) is 10.3 Å². The Morgan fingerprint density at radius 2 is 2.50 bits per heavy atom. The largest absolute Gasteiger partial charge is 0.447 e. The first-order chi connectivity index (χ1) is 6.90. The van der Waals surface area contributed by atoms with Crippen molar-refractivity contribution in [1.82, 2.24) is 10.3 Å². The molecule has 0 spiro atoms. The van der Waals surface area contributed by atoms with Crippen LogP contribution in [0.3, 0.4) is 0 Å². The van der Waals surface area contributed by atoms with Gasteiger partial charge < -0.3 is 14.8 Å². The van der Waals surface area contributed by atoms with Crippen LogP contribution in [0.4, 0.5) is 0 Å². The first-order valence-electron chi connectivity index (χ1n) is 5.11. The molecule has 14 heavy (non-hydrogen) atoms. The Morgan fingerprint density at radius 3 is 3.21 bits per heavy atom. The SMILES string of the molecule is OCC1CCCC1NCc1cnco1. The number of rotatable bonds is 4. The molecule has 0 aromatic carbocycles. The van der Waals surface area contributed by atoms with Crippen LogP contribution in [-0.4, -0.2) is 22.7 Å². The van der Waals surface area contributed by atoms with Crippen molar-refractivity contribution in [3.63, 3.8) is 0 Å². The second kappa shape index (κ2) is 4.57. The van der Waals surface area contributed by atoms with E-state index in [0.29, 0.717) is 18.5 Å². The minimum absolute atomic E-state index is 0.286. The Morgan fingerprint density at radius 1 is 1.57 bits per heavy atom. The molecule has 78 valence electrons. The van der Waals surface area contributed by atoms with Gasteiger partial charge in [0.15, 0.2) is 6.39 Å². The summed E-state index contributed by atoms with van der Waals surface area (Å²) in [5.74, 6) is 1.27. The molecular weight excluding hydrogens is 180 g/mol. The van der Waals surface area contributed by atoms with E-state index in [1.54, 1.807) is 6.20 Å². The molecule has 1 fully saturated rings. The van der Waals surface area contributed by atoms with Gasteiger partial charge in [0.25, 0.3) is 0 Å². The Labute approximate surface area is 83.3 Å². The van der Waals surface area contributed by atoms with E-state index in [9.17, 15) is 0 Å². The van der Waals surface area contributed by atoms with Gasteiger partial charge in [-0.2, -0.15) is 0 Å². The molecule has 1 aliphatic rings. The fourth-order valence-corrected chi connectivity index (χ4v) is 2.09. The predicted octanol–water partition coefficient (Wildman–Crippen LogP) is 0.925. The number of aliphatic hydroxyl groups excluding tert-OH is 1. The van der Waals surface area contributed by atoms with E-state index in [1.807, 2.05) is 0 Å². The molecule has 1 saturated carbocycles. The highest BCUT2D eigenvalue weighted by Crippen LogP contribution is 2.25. The first kappa shape index (κ1) is 9.68. The van der Waals surface area contributed by atoms with Gasteiger partial charge in [0, 0.05) is 12.6 Å². The Balaban J connectivity index is 1.80. The van der Waals surface area contributed by atoms with Crippen LogP contribution in [0, 0.1) is 5.92 Å². The number of hydrogen-bond acceptors (Lipinski definition) is 4. The Kier molecular flexibility index (Phi) is 3.16. The van der Waals surface area contributed by atoms with Gasteiger partial charge in [-0.25, -0.2) is 4.98 Å².